The summed E-state index contributed by atoms with van der Waals surface area (Å²) in [5.41, 5.74) is 12.0. The number of aromatic carboxylic acids is 1. The van der Waals surface area contributed by atoms with Gasteiger partial charge < -0.3 is 42.1 Å². The van der Waals surface area contributed by atoms with Gasteiger partial charge in [0.05, 0.1) is 24.2 Å². The van der Waals surface area contributed by atoms with Crippen molar-refractivity contribution in [2.45, 2.75) is 56.2 Å². The first-order valence-electron chi connectivity index (χ1n) is 13.2. The highest BCUT2D eigenvalue weighted by molar-refractivity contribution is 7.96. The Morgan fingerprint density at radius 2 is 1.82 bits per heavy atom. The van der Waals surface area contributed by atoms with E-state index < -0.39 is 36.1 Å². The number of guanidine groups is 2. The number of carboxylic acid groups (broad SMARTS) is 1. The maximum atomic E-state index is 13.2. The van der Waals surface area contributed by atoms with Gasteiger partial charge in [-0.15, -0.1) is 0 Å². The Kier molecular flexibility index (Phi) is 11.4. The van der Waals surface area contributed by atoms with Crippen LogP contribution in [0.1, 0.15) is 48.0 Å². The van der Waals surface area contributed by atoms with Gasteiger partial charge in [0.25, 0.3) is 0 Å². The average molecular weight is 578 g/mol. The van der Waals surface area contributed by atoms with Gasteiger partial charge in [0, 0.05) is 25.4 Å². The Morgan fingerprint density at radius 3 is 2.52 bits per heavy atom. The topological polar surface area (TPSA) is 234 Å². The number of carbonyl (C=O) groups is 3. The normalized spacial score (nSPS) is 21.8. The predicted octanol–water partition coefficient (Wildman–Crippen LogP) is -0.605. The van der Waals surface area contributed by atoms with Crippen molar-refractivity contribution in [3.05, 3.63) is 35.4 Å². The molecule has 2 heterocycles. The maximum Gasteiger partial charge on any atom is 0.335 e. The summed E-state index contributed by atoms with van der Waals surface area (Å²) < 4.78 is 3.15. The van der Waals surface area contributed by atoms with E-state index >= 15 is 0 Å². The second-order valence-electron chi connectivity index (χ2n) is 10.0. The Labute approximate surface area is 237 Å². The third-order valence-corrected chi connectivity index (χ3v) is 8.03. The molecule has 2 saturated heterocycles. The fraction of sp³-hybridized carbons (Fsp3) is 0.560. The fourth-order valence-corrected chi connectivity index (χ4v) is 5.93. The number of likely N-dealkylation sites (tertiary alicyclic amines) is 2. The van der Waals surface area contributed by atoms with E-state index in [1.165, 1.54) is 22.9 Å². The van der Waals surface area contributed by atoms with E-state index in [9.17, 15) is 24.6 Å². The molecular formula is C25H39N9O5S. The third-order valence-electron chi connectivity index (χ3n) is 7.12. The standard InChI is InChI=1S/C25H39N9O5S/c26-24(27)33-9-3-5-15(13-33)11-19(32-40-14-16-6-1-2-7-17(16)23(38)39)21(36)30-12-20(35)31-18-8-4-10-34(22(18)37)25(28)29/h1-2,6-7,15,18-19,22,32,37H,3-5,8-14H2,(H3,26,27)(H3,28,29)(H,30,36)(H,31,35)(H,38,39)/t15?,18?,19-,22?/m1/s1. The van der Waals surface area contributed by atoms with E-state index in [1.807, 2.05) is 0 Å². The molecule has 0 saturated carbocycles. The second-order valence-corrected chi connectivity index (χ2v) is 10.8. The van der Waals surface area contributed by atoms with Gasteiger partial charge in [0.2, 0.25) is 11.8 Å². The zero-order valence-electron chi connectivity index (χ0n) is 22.3. The van der Waals surface area contributed by atoms with Gasteiger partial charge in [0.15, 0.2) is 11.9 Å². The average Bonchev–Trinajstić information content (AvgIpc) is 2.92. The van der Waals surface area contributed by atoms with Crippen molar-refractivity contribution < 1.29 is 24.6 Å². The summed E-state index contributed by atoms with van der Waals surface area (Å²) in [7, 11) is 0. The lowest BCUT2D eigenvalue weighted by Gasteiger charge is -2.38. The molecule has 1 aromatic carbocycles. The number of hydrogen-bond acceptors (Lipinski definition) is 8. The lowest BCUT2D eigenvalue weighted by Crippen LogP contribution is -2.59. The van der Waals surface area contributed by atoms with Gasteiger partial charge in [-0.2, -0.15) is 0 Å². The minimum Gasteiger partial charge on any atom is -0.478 e. The highest BCUT2D eigenvalue weighted by Crippen LogP contribution is 2.23. The van der Waals surface area contributed by atoms with Crippen LogP contribution in [0.4, 0.5) is 0 Å². The van der Waals surface area contributed by atoms with Crippen LogP contribution in [-0.4, -0.2) is 94.2 Å². The highest BCUT2D eigenvalue weighted by Gasteiger charge is 2.32. The second kappa shape index (κ2) is 14.7. The van der Waals surface area contributed by atoms with E-state index in [0.717, 1.165) is 12.8 Å². The molecule has 0 aliphatic carbocycles. The zero-order valence-corrected chi connectivity index (χ0v) is 23.1. The number of carboxylic acids is 1. The summed E-state index contributed by atoms with van der Waals surface area (Å²) in [5.74, 6) is -1.81. The van der Waals surface area contributed by atoms with Crippen LogP contribution in [0.5, 0.6) is 0 Å². The molecular weight excluding hydrogens is 538 g/mol. The Hall–Kier alpha value is -3.56. The molecule has 2 aliphatic heterocycles. The highest BCUT2D eigenvalue weighted by atomic mass is 32.2. The van der Waals surface area contributed by atoms with Crippen LogP contribution >= 0.6 is 11.9 Å². The van der Waals surface area contributed by atoms with Crippen LogP contribution in [0.15, 0.2) is 24.3 Å². The molecule has 3 rings (SSSR count). The zero-order chi connectivity index (χ0) is 29.2. The van der Waals surface area contributed by atoms with Crippen molar-refractivity contribution in [3.8, 4) is 0 Å². The van der Waals surface area contributed by atoms with Gasteiger partial charge in [-0.1, -0.05) is 30.1 Å². The monoisotopic (exact) mass is 577 g/mol. The SMILES string of the molecule is N=C(N)N1CCCC(C[C@@H](NSCc2ccccc2C(=O)O)C(=O)NCC(=O)NC2CCCN(C(=N)N)C2O)C1. The van der Waals surface area contributed by atoms with Crippen molar-refractivity contribution in [1.29, 1.82) is 10.8 Å². The molecule has 2 amide bonds. The molecule has 220 valence electrons. The van der Waals surface area contributed by atoms with E-state index in [1.54, 1.807) is 23.1 Å². The summed E-state index contributed by atoms with van der Waals surface area (Å²) in [6.45, 7) is 1.34. The molecule has 0 spiro atoms. The number of rotatable bonds is 11. The summed E-state index contributed by atoms with van der Waals surface area (Å²) in [4.78, 5) is 40.4. The van der Waals surface area contributed by atoms with E-state index in [2.05, 4.69) is 15.4 Å². The number of benzene rings is 1. The largest absolute Gasteiger partial charge is 0.478 e. The van der Waals surface area contributed by atoms with Crippen molar-refractivity contribution in [2.75, 3.05) is 26.2 Å². The molecule has 3 unspecified atom stereocenters. The lowest BCUT2D eigenvalue weighted by molar-refractivity contribution is -0.128. The molecule has 11 N–H and O–H groups in total. The Balaban J connectivity index is 1.60. The predicted molar refractivity (Wildman–Crippen MR) is 151 cm³/mol. The van der Waals surface area contributed by atoms with Crippen molar-refractivity contribution in [3.63, 3.8) is 0 Å². The van der Waals surface area contributed by atoms with Crippen LogP contribution in [0.3, 0.4) is 0 Å². The minimum absolute atomic E-state index is 0.0109. The van der Waals surface area contributed by atoms with Crippen LogP contribution in [0.2, 0.25) is 0 Å². The first kappa shape index (κ1) is 31.0. The molecule has 2 aliphatic rings. The summed E-state index contributed by atoms with van der Waals surface area (Å²) in [6, 6.07) is 5.33. The lowest BCUT2D eigenvalue weighted by atomic mass is 9.91. The first-order valence-corrected chi connectivity index (χ1v) is 14.2. The number of hydrogen-bond donors (Lipinski definition) is 9. The quantitative estimate of drug-likeness (QED) is 0.0914. The van der Waals surface area contributed by atoms with Crippen molar-refractivity contribution in [2.24, 2.45) is 17.4 Å². The number of amides is 2. The summed E-state index contributed by atoms with van der Waals surface area (Å²) >= 11 is 1.21. The van der Waals surface area contributed by atoms with E-state index in [4.69, 9.17) is 22.3 Å². The van der Waals surface area contributed by atoms with Crippen molar-refractivity contribution in [1.82, 2.24) is 25.2 Å². The molecule has 40 heavy (non-hydrogen) atoms. The molecule has 1 aromatic rings. The Morgan fingerprint density at radius 1 is 1.10 bits per heavy atom. The number of nitrogens with one attached hydrogen (secondary N) is 5. The number of nitrogens with zero attached hydrogens (tertiary/aromatic N) is 2. The first-order chi connectivity index (χ1) is 19.1. The molecule has 0 radical (unpaired) electrons. The van der Waals surface area contributed by atoms with Crippen LogP contribution in [0.25, 0.3) is 0 Å². The van der Waals surface area contributed by atoms with Gasteiger partial charge in [0.1, 0.15) is 6.23 Å². The van der Waals surface area contributed by atoms with E-state index in [0.29, 0.717) is 50.2 Å². The molecule has 15 heteroatoms. The third kappa shape index (κ3) is 8.72. The fourth-order valence-electron chi connectivity index (χ4n) is 5.03. The number of aliphatic hydroxyl groups is 1. The van der Waals surface area contributed by atoms with Crippen LogP contribution < -0.4 is 26.8 Å². The molecule has 14 nitrogen and oxygen atoms in total. The van der Waals surface area contributed by atoms with Gasteiger partial charge in [-0.3, -0.25) is 25.1 Å². The number of nitrogens with two attached hydrogens (primary N) is 2. The Bertz CT molecular complexity index is 1090. The summed E-state index contributed by atoms with van der Waals surface area (Å²) in [6.07, 6.45) is 2.15. The molecule has 0 bridgehead atoms. The smallest absolute Gasteiger partial charge is 0.335 e. The van der Waals surface area contributed by atoms with Gasteiger partial charge in [-0.25, -0.2) is 4.79 Å². The van der Waals surface area contributed by atoms with Crippen molar-refractivity contribution >= 4 is 41.7 Å². The number of aliphatic hydroxyl groups excluding tert-OH is 1. The molecule has 0 aromatic heterocycles. The summed E-state index contributed by atoms with van der Waals surface area (Å²) in [5, 5.41) is 40.6. The minimum atomic E-state index is -1.12. The molecule has 4 atom stereocenters. The maximum absolute atomic E-state index is 13.2. The molecule has 2 fully saturated rings. The van der Waals surface area contributed by atoms with E-state index in [-0.39, 0.29) is 29.9 Å². The van der Waals surface area contributed by atoms with Crippen LogP contribution in [0, 0.1) is 16.7 Å². The number of piperidine rings is 2. The van der Waals surface area contributed by atoms with Gasteiger partial charge in [-0.05, 0) is 49.7 Å². The van der Waals surface area contributed by atoms with Crippen LogP contribution in [-0.2, 0) is 15.3 Å². The number of carbonyl (C=O) groups excluding carboxylic acids is 2. The van der Waals surface area contributed by atoms with Gasteiger partial charge >= 0.3 is 5.97 Å².